The molecule has 1 amide bonds. The minimum Gasteiger partial charge on any atom is -0.449 e. The van der Waals surface area contributed by atoms with Gasteiger partial charge in [-0.1, -0.05) is 0 Å². The Hall–Kier alpha value is -0.980. The van der Waals surface area contributed by atoms with Gasteiger partial charge in [0.05, 0.1) is 6.61 Å². The van der Waals surface area contributed by atoms with Crippen molar-refractivity contribution in [1.82, 2.24) is 10.2 Å². The molecule has 2 fully saturated rings. The molecule has 1 N–H and O–H groups in total. The predicted octanol–water partition coefficient (Wildman–Crippen LogP) is 1.51. The van der Waals surface area contributed by atoms with Crippen LogP contribution >= 0.6 is 0 Å². The van der Waals surface area contributed by atoms with Gasteiger partial charge in [-0.25, -0.2) is 4.79 Å². The Balaban J connectivity index is 1.88. The van der Waals surface area contributed by atoms with Crippen molar-refractivity contribution >= 4 is 6.09 Å². The fourth-order valence-corrected chi connectivity index (χ4v) is 2.29. The zero-order chi connectivity index (χ0) is 12.5. The molecule has 0 aliphatic carbocycles. The number of amides is 1. The van der Waals surface area contributed by atoms with Crippen molar-refractivity contribution in [2.45, 2.75) is 37.5 Å². The van der Waals surface area contributed by atoms with Crippen molar-refractivity contribution in [3.63, 3.8) is 0 Å². The van der Waals surface area contributed by atoms with Crippen LogP contribution in [0.25, 0.3) is 0 Å². The molecule has 0 bridgehead atoms. The topological polar surface area (TPSA) is 41.6 Å². The molecule has 2 heterocycles. The van der Waals surface area contributed by atoms with Crippen LogP contribution in [0, 0.1) is 0 Å². The minimum absolute atomic E-state index is 0.0119. The van der Waals surface area contributed by atoms with Crippen LogP contribution < -0.4 is 5.32 Å². The van der Waals surface area contributed by atoms with Gasteiger partial charge < -0.3 is 15.0 Å². The number of nitrogens with one attached hydrogen (secondary N) is 1. The van der Waals surface area contributed by atoms with Crippen LogP contribution in [0.1, 0.15) is 19.3 Å². The highest BCUT2D eigenvalue weighted by Gasteiger charge is 2.43. The number of hydrogen-bond acceptors (Lipinski definition) is 3. The van der Waals surface area contributed by atoms with Gasteiger partial charge in [-0.3, -0.25) is 0 Å². The highest BCUT2D eigenvalue weighted by Crippen LogP contribution is 2.28. The molecule has 0 radical (unpaired) electrons. The molecule has 0 spiro atoms. The summed E-state index contributed by atoms with van der Waals surface area (Å²) in [6.45, 7) is 1.15. The third kappa shape index (κ3) is 2.83. The van der Waals surface area contributed by atoms with Crippen LogP contribution in [0.3, 0.4) is 0 Å². The van der Waals surface area contributed by atoms with Crippen molar-refractivity contribution in [2.24, 2.45) is 0 Å². The lowest BCUT2D eigenvalue weighted by Gasteiger charge is -2.39. The van der Waals surface area contributed by atoms with Crippen molar-refractivity contribution in [1.29, 1.82) is 0 Å². The van der Waals surface area contributed by atoms with Crippen molar-refractivity contribution in [2.75, 3.05) is 19.7 Å². The summed E-state index contributed by atoms with van der Waals surface area (Å²) in [5, 5.41) is 2.45. The van der Waals surface area contributed by atoms with Gasteiger partial charge >= 0.3 is 12.3 Å². The number of nitrogens with zero attached hydrogens (tertiary/aromatic N) is 1. The van der Waals surface area contributed by atoms with E-state index < -0.39 is 18.3 Å². The summed E-state index contributed by atoms with van der Waals surface area (Å²) in [5.41, 5.74) is 0. The Labute approximate surface area is 97.1 Å². The normalized spacial score (nSPS) is 31.2. The number of alkyl halides is 3. The standard InChI is InChI=1S/C10H15F3N2O2/c11-10(12,13)8-3-2-7(6-14-8)15-4-1-5-17-9(15)16/h7-8,14H,1-6H2. The molecule has 0 aromatic heterocycles. The van der Waals surface area contributed by atoms with E-state index in [0.29, 0.717) is 19.6 Å². The number of carbonyl (C=O) groups excluding carboxylic acids is 1. The molecule has 2 aliphatic heterocycles. The fraction of sp³-hybridized carbons (Fsp3) is 0.900. The highest BCUT2D eigenvalue weighted by molar-refractivity contribution is 5.68. The molecule has 2 aliphatic rings. The summed E-state index contributed by atoms with van der Waals surface area (Å²) >= 11 is 0. The molecule has 0 aromatic carbocycles. The summed E-state index contributed by atoms with van der Waals surface area (Å²) in [6.07, 6.45) is -3.49. The maximum absolute atomic E-state index is 12.4. The Morgan fingerprint density at radius 2 is 2.12 bits per heavy atom. The maximum atomic E-state index is 12.4. The first kappa shape index (κ1) is 12.5. The number of halogens is 3. The quantitative estimate of drug-likeness (QED) is 0.769. The average molecular weight is 252 g/mol. The maximum Gasteiger partial charge on any atom is 0.410 e. The number of carbonyl (C=O) groups is 1. The molecular weight excluding hydrogens is 237 g/mol. The Morgan fingerprint density at radius 3 is 2.65 bits per heavy atom. The molecule has 2 saturated heterocycles. The van der Waals surface area contributed by atoms with Crippen LogP contribution in [0.2, 0.25) is 0 Å². The largest absolute Gasteiger partial charge is 0.449 e. The molecule has 2 atom stereocenters. The Kier molecular flexibility index (Phi) is 3.46. The van der Waals surface area contributed by atoms with Gasteiger partial charge in [-0.2, -0.15) is 13.2 Å². The zero-order valence-electron chi connectivity index (χ0n) is 9.29. The molecule has 0 saturated carbocycles. The van der Waals surface area contributed by atoms with Gasteiger partial charge in [0.25, 0.3) is 0 Å². The first-order valence-electron chi connectivity index (χ1n) is 5.72. The summed E-state index contributed by atoms with van der Waals surface area (Å²) in [7, 11) is 0. The molecule has 2 rings (SSSR count). The van der Waals surface area contributed by atoms with E-state index in [1.165, 1.54) is 4.90 Å². The van der Waals surface area contributed by atoms with Crippen molar-refractivity contribution < 1.29 is 22.7 Å². The zero-order valence-corrected chi connectivity index (χ0v) is 9.29. The molecule has 7 heteroatoms. The van der Waals surface area contributed by atoms with Crippen molar-refractivity contribution in [3.05, 3.63) is 0 Å². The molecule has 0 aromatic rings. The molecular formula is C10H15F3N2O2. The predicted molar refractivity (Wildman–Crippen MR) is 53.5 cm³/mol. The van der Waals surface area contributed by atoms with Crippen LogP contribution in [0.5, 0.6) is 0 Å². The van der Waals surface area contributed by atoms with Crippen LogP contribution in [-0.4, -0.2) is 48.9 Å². The van der Waals surface area contributed by atoms with Crippen LogP contribution in [0.4, 0.5) is 18.0 Å². The third-order valence-electron chi connectivity index (χ3n) is 3.23. The highest BCUT2D eigenvalue weighted by atomic mass is 19.4. The number of cyclic esters (lactones) is 1. The first-order chi connectivity index (χ1) is 7.98. The van der Waals surface area contributed by atoms with Crippen LogP contribution in [0.15, 0.2) is 0 Å². The van der Waals surface area contributed by atoms with Crippen molar-refractivity contribution in [3.8, 4) is 0 Å². The van der Waals surface area contributed by atoms with Gasteiger partial charge in [0.15, 0.2) is 0 Å². The minimum atomic E-state index is -4.20. The van der Waals surface area contributed by atoms with E-state index in [1.54, 1.807) is 0 Å². The summed E-state index contributed by atoms with van der Waals surface area (Å²) in [4.78, 5) is 13.0. The lowest BCUT2D eigenvalue weighted by atomic mass is 9.99. The second-order valence-electron chi connectivity index (χ2n) is 4.39. The second kappa shape index (κ2) is 4.72. The van der Waals surface area contributed by atoms with E-state index in [9.17, 15) is 18.0 Å². The van der Waals surface area contributed by atoms with Gasteiger partial charge in [-0.05, 0) is 19.3 Å². The summed E-state index contributed by atoms with van der Waals surface area (Å²) in [5.74, 6) is 0. The van der Waals surface area contributed by atoms with Gasteiger partial charge in [0, 0.05) is 19.1 Å². The van der Waals surface area contributed by atoms with E-state index in [0.717, 1.165) is 6.42 Å². The second-order valence-corrected chi connectivity index (χ2v) is 4.39. The van der Waals surface area contributed by atoms with E-state index in [1.807, 2.05) is 0 Å². The van der Waals surface area contributed by atoms with E-state index in [4.69, 9.17) is 4.74 Å². The Bertz CT molecular complexity index is 288. The van der Waals surface area contributed by atoms with E-state index in [2.05, 4.69) is 5.32 Å². The van der Waals surface area contributed by atoms with Gasteiger partial charge in [0.2, 0.25) is 0 Å². The molecule has 2 unspecified atom stereocenters. The summed E-state index contributed by atoms with van der Waals surface area (Å²) in [6, 6.07) is -1.62. The van der Waals surface area contributed by atoms with Gasteiger partial charge in [-0.15, -0.1) is 0 Å². The lowest BCUT2D eigenvalue weighted by molar-refractivity contribution is -0.162. The number of hydrogen-bond donors (Lipinski definition) is 1. The monoisotopic (exact) mass is 252 g/mol. The molecule has 4 nitrogen and oxygen atoms in total. The number of piperidine rings is 1. The number of rotatable bonds is 1. The average Bonchev–Trinajstić information content (AvgIpc) is 2.29. The third-order valence-corrected chi connectivity index (χ3v) is 3.23. The first-order valence-corrected chi connectivity index (χ1v) is 5.72. The smallest absolute Gasteiger partial charge is 0.410 e. The Morgan fingerprint density at radius 1 is 1.35 bits per heavy atom. The lowest BCUT2D eigenvalue weighted by Crippen LogP contribution is -2.56. The summed E-state index contributed by atoms with van der Waals surface area (Å²) < 4.78 is 42.1. The van der Waals surface area contributed by atoms with E-state index in [-0.39, 0.29) is 19.0 Å². The van der Waals surface area contributed by atoms with Gasteiger partial charge in [0.1, 0.15) is 6.04 Å². The van der Waals surface area contributed by atoms with Crippen LogP contribution in [-0.2, 0) is 4.74 Å². The molecule has 17 heavy (non-hydrogen) atoms. The fourth-order valence-electron chi connectivity index (χ4n) is 2.29. The molecule has 98 valence electrons. The number of ether oxygens (including phenoxy) is 1. The van der Waals surface area contributed by atoms with E-state index >= 15 is 0 Å². The SMILES string of the molecule is O=C1OCCCN1C1CCC(C(F)(F)F)NC1.